The van der Waals surface area contributed by atoms with Gasteiger partial charge in [0, 0.05) is 5.57 Å². The van der Waals surface area contributed by atoms with Crippen molar-refractivity contribution in [3.8, 4) is 0 Å². The molecule has 0 aliphatic rings. The van der Waals surface area contributed by atoms with E-state index >= 15 is 0 Å². The van der Waals surface area contributed by atoms with Crippen molar-refractivity contribution in [1.29, 1.82) is 0 Å². The Bertz CT molecular complexity index is 477. The molecular formula is C15H20O4. The van der Waals surface area contributed by atoms with Crippen molar-refractivity contribution in [2.45, 2.75) is 26.9 Å². The van der Waals surface area contributed by atoms with Crippen molar-refractivity contribution in [2.75, 3.05) is 13.2 Å². The van der Waals surface area contributed by atoms with Crippen LogP contribution in [-0.4, -0.2) is 35.5 Å². The lowest BCUT2D eigenvalue weighted by Crippen LogP contribution is -2.22. The Morgan fingerprint density at radius 2 is 1.95 bits per heavy atom. The van der Waals surface area contributed by atoms with E-state index in [9.17, 15) is 4.79 Å². The van der Waals surface area contributed by atoms with Crippen LogP contribution in [0.25, 0.3) is 5.57 Å². The minimum Gasteiger partial charge on any atom is -0.459 e. The highest BCUT2D eigenvalue weighted by Gasteiger charge is 2.13. The van der Waals surface area contributed by atoms with Gasteiger partial charge in [-0.15, -0.1) is 0 Å². The number of allylic oxidation sites excluding steroid dienone is 1. The summed E-state index contributed by atoms with van der Waals surface area (Å²) in [7, 11) is 0. The van der Waals surface area contributed by atoms with Crippen LogP contribution in [0.1, 0.15) is 25.0 Å². The van der Waals surface area contributed by atoms with Gasteiger partial charge in [-0.3, -0.25) is 0 Å². The molecule has 0 spiro atoms. The van der Waals surface area contributed by atoms with E-state index < -0.39 is 18.7 Å². The molecule has 0 aliphatic carbocycles. The number of aliphatic hydroxyl groups is 2. The van der Waals surface area contributed by atoms with Crippen molar-refractivity contribution in [1.82, 2.24) is 0 Å². The molecule has 104 valence electrons. The van der Waals surface area contributed by atoms with E-state index in [2.05, 4.69) is 0 Å². The van der Waals surface area contributed by atoms with Gasteiger partial charge >= 0.3 is 5.97 Å². The van der Waals surface area contributed by atoms with Gasteiger partial charge in [0.25, 0.3) is 0 Å². The molecule has 1 rings (SSSR count). The number of benzene rings is 1. The van der Waals surface area contributed by atoms with Crippen molar-refractivity contribution < 1.29 is 19.7 Å². The number of carbonyl (C=O) groups is 1. The second kappa shape index (κ2) is 7.07. The molecule has 0 bridgehead atoms. The van der Waals surface area contributed by atoms with E-state index in [0.717, 1.165) is 16.7 Å². The lowest BCUT2D eigenvalue weighted by atomic mass is 9.98. The van der Waals surface area contributed by atoms with Crippen LogP contribution in [0.3, 0.4) is 0 Å². The van der Waals surface area contributed by atoms with Crippen molar-refractivity contribution in [3.63, 3.8) is 0 Å². The molecule has 1 unspecified atom stereocenters. The Morgan fingerprint density at radius 1 is 1.32 bits per heavy atom. The van der Waals surface area contributed by atoms with Crippen molar-refractivity contribution in [3.05, 3.63) is 41.0 Å². The molecule has 0 radical (unpaired) electrons. The Hall–Kier alpha value is -1.65. The van der Waals surface area contributed by atoms with E-state index in [-0.39, 0.29) is 6.61 Å². The summed E-state index contributed by atoms with van der Waals surface area (Å²) in [5.41, 5.74) is 3.43. The fraction of sp³-hybridized carbons (Fsp3) is 0.400. The van der Waals surface area contributed by atoms with Crippen LogP contribution < -0.4 is 0 Å². The van der Waals surface area contributed by atoms with Gasteiger partial charge in [-0.2, -0.15) is 0 Å². The zero-order valence-corrected chi connectivity index (χ0v) is 11.5. The van der Waals surface area contributed by atoms with E-state index in [0.29, 0.717) is 5.57 Å². The van der Waals surface area contributed by atoms with Crippen molar-refractivity contribution in [2.24, 2.45) is 0 Å². The summed E-state index contributed by atoms with van der Waals surface area (Å²) in [5, 5.41) is 17.8. The quantitative estimate of drug-likeness (QED) is 0.627. The number of hydrogen-bond acceptors (Lipinski definition) is 4. The number of carbonyl (C=O) groups excluding carboxylic acids is 1. The number of ether oxygens (including phenoxy) is 1. The summed E-state index contributed by atoms with van der Waals surface area (Å²) in [6.07, 6.45) is -1.03. The molecule has 0 aromatic heterocycles. The van der Waals surface area contributed by atoms with Crippen LogP contribution in [0.15, 0.2) is 29.8 Å². The molecule has 1 atom stereocenters. The van der Waals surface area contributed by atoms with Gasteiger partial charge in [0.05, 0.1) is 6.61 Å². The summed E-state index contributed by atoms with van der Waals surface area (Å²) in [4.78, 5) is 11.8. The summed E-state index contributed by atoms with van der Waals surface area (Å²) < 4.78 is 4.93. The zero-order chi connectivity index (χ0) is 14.4. The molecule has 0 saturated carbocycles. The number of esters is 1. The first-order valence-electron chi connectivity index (χ1n) is 6.17. The molecule has 0 aliphatic heterocycles. The van der Waals surface area contributed by atoms with Crippen molar-refractivity contribution >= 4 is 11.5 Å². The van der Waals surface area contributed by atoms with Gasteiger partial charge in [-0.1, -0.05) is 24.3 Å². The lowest BCUT2D eigenvalue weighted by molar-refractivity contribution is -0.142. The summed E-state index contributed by atoms with van der Waals surface area (Å²) in [5.74, 6) is -0.478. The Kier molecular flexibility index (Phi) is 5.73. The minimum absolute atomic E-state index is 0.201. The third kappa shape index (κ3) is 4.19. The lowest BCUT2D eigenvalue weighted by Gasteiger charge is -2.12. The average molecular weight is 264 g/mol. The number of hydrogen-bond donors (Lipinski definition) is 2. The van der Waals surface area contributed by atoms with E-state index in [1.54, 1.807) is 6.92 Å². The molecule has 4 heteroatoms. The molecular weight excluding hydrogens is 244 g/mol. The van der Waals surface area contributed by atoms with Gasteiger partial charge < -0.3 is 14.9 Å². The maximum absolute atomic E-state index is 11.8. The summed E-state index contributed by atoms with van der Waals surface area (Å²) >= 11 is 0. The van der Waals surface area contributed by atoms with Gasteiger partial charge in [0.15, 0.2) is 0 Å². The molecule has 19 heavy (non-hydrogen) atoms. The molecule has 4 nitrogen and oxygen atoms in total. The maximum atomic E-state index is 11.8. The van der Waals surface area contributed by atoms with Crippen LogP contribution in [0, 0.1) is 6.92 Å². The van der Waals surface area contributed by atoms with E-state index in [4.69, 9.17) is 14.9 Å². The zero-order valence-electron chi connectivity index (χ0n) is 11.5. The summed E-state index contributed by atoms with van der Waals surface area (Å²) in [6, 6.07) is 7.79. The highest BCUT2D eigenvalue weighted by Crippen LogP contribution is 2.22. The molecule has 2 N–H and O–H groups in total. The van der Waals surface area contributed by atoms with Gasteiger partial charge in [0.1, 0.15) is 12.7 Å². The Labute approximate surface area is 113 Å². The molecule has 0 fully saturated rings. The fourth-order valence-electron chi connectivity index (χ4n) is 1.68. The summed E-state index contributed by atoms with van der Waals surface area (Å²) in [6.45, 7) is 4.91. The smallest absolute Gasteiger partial charge is 0.334 e. The molecule has 0 amide bonds. The third-order valence-corrected chi connectivity index (χ3v) is 3.04. The first kappa shape index (κ1) is 15.4. The predicted molar refractivity (Wildman–Crippen MR) is 73.5 cm³/mol. The molecule has 0 saturated heterocycles. The molecule has 0 heterocycles. The highest BCUT2D eigenvalue weighted by atomic mass is 16.5. The average Bonchev–Trinajstić information content (AvgIpc) is 2.43. The molecule has 1 aromatic rings. The van der Waals surface area contributed by atoms with E-state index in [1.165, 1.54) is 0 Å². The van der Waals surface area contributed by atoms with Crippen LogP contribution in [-0.2, 0) is 9.53 Å². The SMILES string of the molecule is CC(C(=O)OCC(O)CO)=C(C)c1ccccc1C. The highest BCUT2D eigenvalue weighted by molar-refractivity contribution is 5.96. The second-order valence-corrected chi connectivity index (χ2v) is 4.50. The Balaban J connectivity index is 2.84. The third-order valence-electron chi connectivity index (χ3n) is 3.04. The van der Waals surface area contributed by atoms with Crippen LogP contribution in [0.2, 0.25) is 0 Å². The monoisotopic (exact) mass is 264 g/mol. The number of rotatable bonds is 5. The predicted octanol–water partition coefficient (Wildman–Crippen LogP) is 1.68. The van der Waals surface area contributed by atoms with E-state index in [1.807, 2.05) is 38.1 Å². The van der Waals surface area contributed by atoms with Gasteiger partial charge in [-0.25, -0.2) is 4.79 Å². The number of aliphatic hydroxyl groups excluding tert-OH is 2. The molecule has 1 aromatic carbocycles. The van der Waals surface area contributed by atoms with Crippen LogP contribution in [0.5, 0.6) is 0 Å². The first-order chi connectivity index (χ1) is 8.97. The normalized spacial score (nSPS) is 13.7. The fourth-order valence-corrected chi connectivity index (χ4v) is 1.68. The maximum Gasteiger partial charge on any atom is 0.334 e. The van der Waals surface area contributed by atoms with Gasteiger partial charge in [-0.05, 0) is 37.5 Å². The van der Waals surface area contributed by atoms with Gasteiger partial charge in [0.2, 0.25) is 0 Å². The van der Waals surface area contributed by atoms with Crippen LogP contribution >= 0.6 is 0 Å². The standard InChI is InChI=1S/C15H20O4/c1-10-6-4-5-7-14(10)11(2)12(3)15(18)19-9-13(17)8-16/h4-7,13,16-17H,8-9H2,1-3H3. The minimum atomic E-state index is -1.03. The van der Waals surface area contributed by atoms with Crippen LogP contribution in [0.4, 0.5) is 0 Å². The first-order valence-corrected chi connectivity index (χ1v) is 6.17. The Morgan fingerprint density at radius 3 is 2.53 bits per heavy atom. The topological polar surface area (TPSA) is 66.8 Å². The largest absolute Gasteiger partial charge is 0.459 e. The number of aryl methyl sites for hydroxylation is 1. The second-order valence-electron chi connectivity index (χ2n) is 4.50.